The third kappa shape index (κ3) is 5.41. The number of likely N-dealkylation sites (tertiary alicyclic amines) is 1. The van der Waals surface area contributed by atoms with E-state index in [1.165, 1.54) is 38.5 Å². The lowest BCUT2D eigenvalue weighted by Gasteiger charge is -2.34. The van der Waals surface area contributed by atoms with E-state index in [1.807, 2.05) is 20.8 Å². The van der Waals surface area contributed by atoms with Crippen LogP contribution in [0.4, 0.5) is 0 Å². The van der Waals surface area contributed by atoms with Crippen molar-refractivity contribution in [3.05, 3.63) is 0 Å². The first-order valence-corrected chi connectivity index (χ1v) is 8.12. The molecule has 0 spiro atoms. The first kappa shape index (κ1) is 15.8. The molecule has 1 atom stereocenters. The third-order valence-corrected chi connectivity index (χ3v) is 4.10. The van der Waals surface area contributed by atoms with E-state index in [-0.39, 0.29) is 11.6 Å². The monoisotopic (exact) mass is 282 g/mol. The van der Waals surface area contributed by atoms with Gasteiger partial charge in [0.15, 0.2) is 0 Å². The number of nitrogens with one attached hydrogen (secondary N) is 1. The predicted octanol–water partition coefficient (Wildman–Crippen LogP) is 2.32. The van der Waals surface area contributed by atoms with Gasteiger partial charge in [-0.2, -0.15) is 0 Å². The Kier molecular flexibility index (Phi) is 5.44. The Morgan fingerprint density at radius 3 is 2.45 bits per heavy atom. The van der Waals surface area contributed by atoms with Crippen LogP contribution in [0.5, 0.6) is 0 Å². The summed E-state index contributed by atoms with van der Waals surface area (Å²) in [4.78, 5) is 14.1. The number of carbonyl (C=O) groups excluding carboxylic acids is 1. The summed E-state index contributed by atoms with van der Waals surface area (Å²) in [6.07, 6.45) is 7.79. The molecule has 1 saturated heterocycles. The maximum absolute atomic E-state index is 11.9. The highest BCUT2D eigenvalue weighted by atomic mass is 16.6. The molecule has 2 rings (SSSR count). The Balaban J connectivity index is 1.73. The number of hydrogen-bond donors (Lipinski definition) is 1. The predicted molar refractivity (Wildman–Crippen MR) is 80.7 cm³/mol. The first-order valence-electron chi connectivity index (χ1n) is 8.12. The van der Waals surface area contributed by atoms with Crippen molar-refractivity contribution in [3.63, 3.8) is 0 Å². The van der Waals surface area contributed by atoms with Crippen molar-refractivity contribution in [3.8, 4) is 0 Å². The number of ether oxygens (including phenoxy) is 1. The fourth-order valence-electron chi connectivity index (χ4n) is 3.32. The molecule has 4 heteroatoms. The zero-order valence-corrected chi connectivity index (χ0v) is 13.3. The molecule has 2 aliphatic rings. The zero-order valence-electron chi connectivity index (χ0n) is 13.3. The molecule has 20 heavy (non-hydrogen) atoms. The van der Waals surface area contributed by atoms with Gasteiger partial charge >= 0.3 is 5.97 Å². The van der Waals surface area contributed by atoms with Gasteiger partial charge < -0.3 is 10.1 Å². The summed E-state index contributed by atoms with van der Waals surface area (Å²) >= 11 is 0. The minimum Gasteiger partial charge on any atom is -0.459 e. The van der Waals surface area contributed by atoms with Crippen molar-refractivity contribution in [2.75, 3.05) is 19.6 Å². The Bertz CT molecular complexity index is 319. The number of hydrogen-bond acceptors (Lipinski definition) is 4. The van der Waals surface area contributed by atoms with Crippen LogP contribution in [0.25, 0.3) is 0 Å². The van der Waals surface area contributed by atoms with E-state index in [9.17, 15) is 4.79 Å². The normalized spacial score (nSPS) is 25.9. The summed E-state index contributed by atoms with van der Waals surface area (Å²) < 4.78 is 5.41. The minimum absolute atomic E-state index is 0.0981. The Labute approximate surface area is 123 Å². The highest BCUT2D eigenvalue weighted by Gasteiger charge is 2.26. The van der Waals surface area contributed by atoms with Crippen LogP contribution in [0.1, 0.15) is 59.3 Å². The highest BCUT2D eigenvalue weighted by molar-refractivity contribution is 5.72. The molecule has 1 N–H and O–H groups in total. The Morgan fingerprint density at radius 1 is 1.15 bits per heavy atom. The molecule has 1 saturated carbocycles. The van der Waals surface area contributed by atoms with Crippen molar-refractivity contribution in [1.82, 2.24) is 10.2 Å². The van der Waals surface area contributed by atoms with Gasteiger partial charge in [0, 0.05) is 18.6 Å². The van der Waals surface area contributed by atoms with Crippen molar-refractivity contribution < 1.29 is 9.53 Å². The molecule has 116 valence electrons. The largest absolute Gasteiger partial charge is 0.459 e. The number of rotatable bonds is 4. The third-order valence-electron chi connectivity index (χ3n) is 4.10. The fraction of sp³-hybridized carbons (Fsp3) is 0.938. The van der Waals surface area contributed by atoms with Gasteiger partial charge in [0.05, 0.1) is 6.54 Å². The fourth-order valence-corrected chi connectivity index (χ4v) is 3.32. The molecule has 1 aliphatic heterocycles. The van der Waals surface area contributed by atoms with Gasteiger partial charge in [-0.05, 0) is 53.0 Å². The Morgan fingerprint density at radius 2 is 1.80 bits per heavy atom. The molecule has 1 aliphatic carbocycles. The summed E-state index contributed by atoms with van der Waals surface area (Å²) in [5, 5.41) is 3.78. The van der Waals surface area contributed by atoms with Gasteiger partial charge in [-0.1, -0.05) is 12.8 Å². The van der Waals surface area contributed by atoms with Crippen LogP contribution in [-0.4, -0.2) is 48.2 Å². The van der Waals surface area contributed by atoms with Crippen LogP contribution in [0.2, 0.25) is 0 Å². The van der Waals surface area contributed by atoms with E-state index in [4.69, 9.17) is 4.74 Å². The summed E-state index contributed by atoms with van der Waals surface area (Å²) in [7, 11) is 0. The molecule has 4 nitrogen and oxygen atoms in total. The Hall–Kier alpha value is -0.610. The number of esters is 1. The summed E-state index contributed by atoms with van der Waals surface area (Å²) in [5.41, 5.74) is -0.381. The second-order valence-electron chi connectivity index (χ2n) is 7.31. The maximum Gasteiger partial charge on any atom is 0.320 e. The van der Waals surface area contributed by atoms with Crippen LogP contribution in [0.3, 0.4) is 0 Å². The highest BCUT2D eigenvalue weighted by Crippen LogP contribution is 2.20. The van der Waals surface area contributed by atoms with E-state index >= 15 is 0 Å². The number of nitrogens with zero attached hydrogens (tertiary/aromatic N) is 1. The first-order chi connectivity index (χ1) is 9.42. The van der Waals surface area contributed by atoms with E-state index in [0.29, 0.717) is 18.6 Å². The van der Waals surface area contributed by atoms with E-state index < -0.39 is 0 Å². The molecule has 0 aromatic heterocycles. The van der Waals surface area contributed by atoms with E-state index in [0.717, 1.165) is 13.1 Å². The van der Waals surface area contributed by atoms with Crippen molar-refractivity contribution in [2.24, 2.45) is 0 Å². The topological polar surface area (TPSA) is 41.6 Å². The lowest BCUT2D eigenvalue weighted by molar-refractivity contribution is -0.156. The van der Waals surface area contributed by atoms with Crippen LogP contribution in [0, 0.1) is 0 Å². The molecule has 0 aromatic carbocycles. The summed E-state index contributed by atoms with van der Waals surface area (Å²) in [6, 6.07) is 1.26. The molecule has 0 radical (unpaired) electrons. The SMILES string of the molecule is CC(C)(C)OC(=O)CN1CCCC(NC2CCCC2)C1. The average molecular weight is 282 g/mol. The van der Waals surface area contributed by atoms with Crippen LogP contribution < -0.4 is 5.32 Å². The van der Waals surface area contributed by atoms with E-state index in [2.05, 4.69) is 10.2 Å². The van der Waals surface area contributed by atoms with Crippen molar-refractivity contribution in [2.45, 2.75) is 77.0 Å². The van der Waals surface area contributed by atoms with Crippen LogP contribution in [0.15, 0.2) is 0 Å². The van der Waals surface area contributed by atoms with Gasteiger partial charge in [-0.15, -0.1) is 0 Å². The van der Waals surface area contributed by atoms with Crippen LogP contribution in [-0.2, 0) is 9.53 Å². The quantitative estimate of drug-likeness (QED) is 0.804. The van der Waals surface area contributed by atoms with Crippen LogP contribution >= 0.6 is 0 Å². The smallest absolute Gasteiger partial charge is 0.320 e. The molecule has 0 aromatic rings. The molecule has 0 amide bonds. The number of carbonyl (C=O) groups is 1. The van der Waals surface area contributed by atoms with Crippen molar-refractivity contribution in [1.29, 1.82) is 0 Å². The second-order valence-corrected chi connectivity index (χ2v) is 7.31. The van der Waals surface area contributed by atoms with Gasteiger partial charge in [-0.3, -0.25) is 9.69 Å². The van der Waals surface area contributed by atoms with Gasteiger partial charge in [0.2, 0.25) is 0 Å². The van der Waals surface area contributed by atoms with E-state index in [1.54, 1.807) is 0 Å². The zero-order chi connectivity index (χ0) is 14.6. The molecule has 1 heterocycles. The lowest BCUT2D eigenvalue weighted by atomic mass is 10.0. The molecule has 1 unspecified atom stereocenters. The average Bonchev–Trinajstić information content (AvgIpc) is 2.79. The summed E-state index contributed by atoms with van der Waals surface area (Å²) in [6.45, 7) is 8.20. The molecular formula is C16H30N2O2. The van der Waals surface area contributed by atoms with Crippen molar-refractivity contribution >= 4 is 5.97 Å². The summed E-state index contributed by atoms with van der Waals surface area (Å²) in [5.74, 6) is -0.0981. The number of piperidine rings is 1. The second kappa shape index (κ2) is 6.90. The molecule has 2 fully saturated rings. The van der Waals surface area contributed by atoms with Gasteiger partial charge in [0.25, 0.3) is 0 Å². The maximum atomic E-state index is 11.9. The van der Waals surface area contributed by atoms with Gasteiger partial charge in [0.1, 0.15) is 5.60 Å². The molecule has 0 bridgehead atoms. The molecular weight excluding hydrogens is 252 g/mol. The standard InChI is InChI=1S/C16H30N2O2/c1-16(2,3)20-15(19)12-18-10-6-9-14(11-18)17-13-7-4-5-8-13/h13-14,17H,4-12H2,1-3H3. The van der Waals surface area contributed by atoms with Gasteiger partial charge in [-0.25, -0.2) is 0 Å². The minimum atomic E-state index is -0.381. The lowest BCUT2D eigenvalue weighted by Crippen LogP contribution is -2.50.